The van der Waals surface area contributed by atoms with E-state index in [0.29, 0.717) is 0 Å². The van der Waals surface area contributed by atoms with Crippen LogP contribution in [0.5, 0.6) is 0 Å². The summed E-state index contributed by atoms with van der Waals surface area (Å²) in [6.07, 6.45) is 7.62. The first kappa shape index (κ1) is 13.8. The van der Waals surface area contributed by atoms with Crippen LogP contribution in [-0.2, 0) is 4.79 Å². The Balaban J connectivity index is 1.88. The Morgan fingerprint density at radius 1 is 1.47 bits per heavy atom. The van der Waals surface area contributed by atoms with Crippen molar-refractivity contribution in [2.45, 2.75) is 32.6 Å². The highest BCUT2D eigenvalue weighted by atomic mass is 16.1. The Kier molecular flexibility index (Phi) is 5.12. The molecule has 0 radical (unpaired) electrons. The maximum atomic E-state index is 12.1. The lowest BCUT2D eigenvalue weighted by atomic mass is 9.97. The zero-order valence-corrected chi connectivity index (χ0v) is 11.5. The first-order valence-electron chi connectivity index (χ1n) is 7.11. The lowest BCUT2D eigenvalue weighted by molar-refractivity contribution is -0.125. The maximum absolute atomic E-state index is 12.1. The van der Waals surface area contributed by atoms with Crippen LogP contribution in [0, 0.1) is 5.92 Å². The summed E-state index contributed by atoms with van der Waals surface area (Å²) in [6.45, 7) is 4.57. The Labute approximate surface area is 114 Å². The van der Waals surface area contributed by atoms with Crippen molar-refractivity contribution in [3.8, 4) is 0 Å². The highest BCUT2D eigenvalue weighted by Gasteiger charge is 2.26. The van der Waals surface area contributed by atoms with Crippen molar-refractivity contribution in [2.75, 3.05) is 24.5 Å². The molecule has 1 N–H and O–H groups in total. The number of hydrogen-bond donors (Lipinski definition) is 1. The summed E-state index contributed by atoms with van der Waals surface area (Å²) in [6, 6.07) is 1.81. The average Bonchev–Trinajstić information content (AvgIpc) is 2.48. The third kappa shape index (κ3) is 3.91. The monoisotopic (exact) mass is 262 g/mol. The number of unbranched alkanes of at least 4 members (excludes halogenated alkanes) is 1. The summed E-state index contributed by atoms with van der Waals surface area (Å²) >= 11 is 0. The smallest absolute Gasteiger partial charge is 0.225 e. The van der Waals surface area contributed by atoms with Gasteiger partial charge < -0.3 is 10.2 Å². The summed E-state index contributed by atoms with van der Waals surface area (Å²) in [5, 5.41) is 3.02. The molecule has 0 bridgehead atoms. The minimum Gasteiger partial charge on any atom is -0.356 e. The van der Waals surface area contributed by atoms with E-state index in [1.54, 1.807) is 12.4 Å². The fourth-order valence-electron chi connectivity index (χ4n) is 2.36. The van der Waals surface area contributed by atoms with Gasteiger partial charge in [0.15, 0.2) is 0 Å². The third-order valence-electron chi connectivity index (χ3n) is 3.46. The van der Waals surface area contributed by atoms with Crippen LogP contribution in [0.2, 0.25) is 0 Å². The van der Waals surface area contributed by atoms with Gasteiger partial charge in [-0.2, -0.15) is 0 Å². The Morgan fingerprint density at radius 3 is 3.00 bits per heavy atom. The topological polar surface area (TPSA) is 58.1 Å². The number of piperidine rings is 1. The van der Waals surface area contributed by atoms with E-state index in [0.717, 1.165) is 51.3 Å². The zero-order chi connectivity index (χ0) is 13.5. The Morgan fingerprint density at radius 2 is 2.26 bits per heavy atom. The van der Waals surface area contributed by atoms with E-state index in [1.165, 1.54) is 0 Å². The lowest BCUT2D eigenvalue weighted by Crippen LogP contribution is -2.43. The summed E-state index contributed by atoms with van der Waals surface area (Å²) in [4.78, 5) is 22.7. The van der Waals surface area contributed by atoms with Crippen LogP contribution in [-0.4, -0.2) is 35.5 Å². The van der Waals surface area contributed by atoms with Crippen LogP contribution in [0.15, 0.2) is 18.5 Å². The standard InChI is InChI=1S/C14H22N4O/c1-2-3-7-15-13(19)12-6-4-10-18(11-12)14-16-8-5-9-17-14/h5,8-9,12H,2-4,6-7,10-11H2,1H3,(H,15,19)/t12-/m0/s1. The summed E-state index contributed by atoms with van der Waals surface area (Å²) in [5.41, 5.74) is 0. The van der Waals surface area contributed by atoms with E-state index in [2.05, 4.69) is 27.1 Å². The molecule has 0 aliphatic carbocycles. The van der Waals surface area contributed by atoms with Gasteiger partial charge in [-0.15, -0.1) is 0 Å². The Hall–Kier alpha value is -1.65. The van der Waals surface area contributed by atoms with Gasteiger partial charge >= 0.3 is 0 Å². The van der Waals surface area contributed by atoms with Crippen LogP contribution in [0.4, 0.5) is 5.95 Å². The molecular formula is C14H22N4O. The largest absolute Gasteiger partial charge is 0.356 e. The minimum absolute atomic E-state index is 0.0643. The molecule has 2 rings (SSSR count). The van der Waals surface area contributed by atoms with E-state index in [-0.39, 0.29) is 11.8 Å². The number of anilines is 1. The zero-order valence-electron chi connectivity index (χ0n) is 11.5. The molecule has 104 valence electrons. The minimum atomic E-state index is 0.0643. The second-order valence-electron chi connectivity index (χ2n) is 4.98. The van der Waals surface area contributed by atoms with E-state index in [1.807, 2.05) is 6.07 Å². The summed E-state index contributed by atoms with van der Waals surface area (Å²) in [7, 11) is 0. The predicted octanol–water partition coefficient (Wildman–Crippen LogP) is 1.61. The van der Waals surface area contributed by atoms with Crippen molar-refractivity contribution in [3.05, 3.63) is 18.5 Å². The molecular weight excluding hydrogens is 240 g/mol. The number of nitrogens with one attached hydrogen (secondary N) is 1. The van der Waals surface area contributed by atoms with Gasteiger partial charge in [0.25, 0.3) is 0 Å². The van der Waals surface area contributed by atoms with Gasteiger partial charge in [-0.05, 0) is 25.3 Å². The highest BCUT2D eigenvalue weighted by molar-refractivity contribution is 5.79. The van der Waals surface area contributed by atoms with Gasteiger partial charge in [0.1, 0.15) is 0 Å². The second kappa shape index (κ2) is 7.07. The lowest BCUT2D eigenvalue weighted by Gasteiger charge is -2.31. The van der Waals surface area contributed by atoms with Gasteiger partial charge in [-0.1, -0.05) is 13.3 Å². The maximum Gasteiger partial charge on any atom is 0.225 e. The molecule has 2 heterocycles. The van der Waals surface area contributed by atoms with Crippen molar-refractivity contribution < 1.29 is 4.79 Å². The normalized spacial score (nSPS) is 19.2. The molecule has 5 nitrogen and oxygen atoms in total. The summed E-state index contributed by atoms with van der Waals surface area (Å²) in [5.74, 6) is 0.969. The van der Waals surface area contributed by atoms with E-state index in [4.69, 9.17) is 0 Å². The SMILES string of the molecule is CCCCNC(=O)[C@H]1CCCN(c2ncccn2)C1. The van der Waals surface area contributed by atoms with Gasteiger partial charge in [0.05, 0.1) is 5.92 Å². The van der Waals surface area contributed by atoms with E-state index in [9.17, 15) is 4.79 Å². The van der Waals surface area contributed by atoms with Crippen LogP contribution in [0.3, 0.4) is 0 Å². The van der Waals surface area contributed by atoms with Gasteiger partial charge in [-0.3, -0.25) is 4.79 Å². The van der Waals surface area contributed by atoms with Crippen LogP contribution in [0.25, 0.3) is 0 Å². The molecule has 0 unspecified atom stereocenters. The quantitative estimate of drug-likeness (QED) is 0.819. The van der Waals surface area contributed by atoms with Crippen molar-refractivity contribution >= 4 is 11.9 Å². The van der Waals surface area contributed by atoms with E-state index < -0.39 is 0 Å². The first-order valence-corrected chi connectivity index (χ1v) is 7.11. The molecule has 1 saturated heterocycles. The van der Waals surface area contributed by atoms with Crippen LogP contribution >= 0.6 is 0 Å². The van der Waals surface area contributed by atoms with Crippen molar-refractivity contribution in [3.63, 3.8) is 0 Å². The molecule has 0 saturated carbocycles. The number of aromatic nitrogens is 2. The molecule has 0 spiro atoms. The fourth-order valence-corrected chi connectivity index (χ4v) is 2.36. The second-order valence-corrected chi connectivity index (χ2v) is 4.98. The Bertz CT molecular complexity index is 396. The molecule has 1 aliphatic rings. The van der Waals surface area contributed by atoms with Crippen LogP contribution in [0.1, 0.15) is 32.6 Å². The molecule has 19 heavy (non-hydrogen) atoms. The number of carbonyl (C=O) groups excluding carboxylic acids is 1. The van der Waals surface area contributed by atoms with Gasteiger partial charge in [0.2, 0.25) is 11.9 Å². The number of rotatable bonds is 5. The van der Waals surface area contributed by atoms with Crippen molar-refractivity contribution in [2.24, 2.45) is 5.92 Å². The van der Waals surface area contributed by atoms with E-state index >= 15 is 0 Å². The molecule has 1 fully saturated rings. The molecule has 1 aliphatic heterocycles. The molecule has 1 aromatic heterocycles. The average molecular weight is 262 g/mol. The molecule has 1 amide bonds. The summed E-state index contributed by atoms with van der Waals surface area (Å²) < 4.78 is 0. The van der Waals surface area contributed by atoms with Crippen molar-refractivity contribution in [1.82, 2.24) is 15.3 Å². The molecule has 1 atom stereocenters. The number of nitrogens with zero attached hydrogens (tertiary/aromatic N) is 3. The fraction of sp³-hybridized carbons (Fsp3) is 0.643. The molecule has 1 aromatic rings. The predicted molar refractivity (Wildman–Crippen MR) is 74.9 cm³/mol. The molecule has 5 heteroatoms. The van der Waals surface area contributed by atoms with Crippen LogP contribution < -0.4 is 10.2 Å². The highest BCUT2D eigenvalue weighted by Crippen LogP contribution is 2.19. The van der Waals surface area contributed by atoms with Gasteiger partial charge in [0, 0.05) is 32.0 Å². The number of carbonyl (C=O) groups is 1. The third-order valence-corrected chi connectivity index (χ3v) is 3.46. The number of amides is 1. The van der Waals surface area contributed by atoms with Gasteiger partial charge in [-0.25, -0.2) is 9.97 Å². The van der Waals surface area contributed by atoms with Crippen molar-refractivity contribution in [1.29, 1.82) is 0 Å². The molecule has 0 aromatic carbocycles. The number of hydrogen-bond acceptors (Lipinski definition) is 4. The first-order chi connectivity index (χ1) is 9.31.